The third kappa shape index (κ3) is 4.99. The van der Waals surface area contributed by atoms with Crippen molar-refractivity contribution in [3.8, 4) is 17.2 Å². The van der Waals surface area contributed by atoms with Crippen LogP contribution in [0.15, 0.2) is 48.5 Å². The highest BCUT2D eigenvalue weighted by Gasteiger charge is 2.36. The first-order chi connectivity index (χ1) is 14.2. The molecule has 1 N–H and O–H groups in total. The van der Waals surface area contributed by atoms with Crippen molar-refractivity contribution in [1.82, 2.24) is 4.90 Å². The maximum Gasteiger partial charge on any atom is 0.226 e. The molecular weight excluding hydrogens is 374 g/mol. The minimum Gasteiger partial charge on any atom is -0.493 e. The predicted molar refractivity (Wildman–Crippen MR) is 107 cm³/mol. The van der Waals surface area contributed by atoms with Crippen LogP contribution in [0.5, 0.6) is 17.2 Å². The molecule has 1 fully saturated rings. The lowest BCUT2D eigenvalue weighted by atomic mass is 9.97. The van der Waals surface area contributed by atoms with Gasteiger partial charge in [-0.15, -0.1) is 0 Å². The van der Waals surface area contributed by atoms with Gasteiger partial charge in [0.05, 0.1) is 46.5 Å². The van der Waals surface area contributed by atoms with Gasteiger partial charge in [-0.05, 0) is 29.8 Å². The zero-order chi connectivity index (χ0) is 20.6. The number of carbonyl (C=O) groups excluding carboxylic acids is 1. The second kappa shape index (κ2) is 10.1. The van der Waals surface area contributed by atoms with Crippen molar-refractivity contribution < 1.29 is 28.8 Å². The first-order valence-electron chi connectivity index (χ1n) is 9.59. The Labute approximate surface area is 170 Å². The molecule has 1 aliphatic rings. The molecule has 1 amide bonds. The van der Waals surface area contributed by atoms with Crippen LogP contribution in [-0.2, 0) is 9.53 Å². The Hall–Kier alpha value is -2.77. The number of nitrogens with zero attached hydrogens (tertiary/aromatic N) is 1. The summed E-state index contributed by atoms with van der Waals surface area (Å²) in [5.41, 5.74) is 0.818. The molecule has 0 aliphatic carbocycles. The van der Waals surface area contributed by atoms with E-state index < -0.39 is 12.1 Å². The van der Waals surface area contributed by atoms with E-state index in [1.54, 1.807) is 25.2 Å². The van der Waals surface area contributed by atoms with Crippen LogP contribution in [0.4, 0.5) is 0 Å². The van der Waals surface area contributed by atoms with Crippen LogP contribution < -0.4 is 14.2 Å². The lowest BCUT2D eigenvalue weighted by Gasteiger charge is -2.41. The number of hydrogen-bond acceptors (Lipinski definition) is 6. The van der Waals surface area contributed by atoms with Crippen LogP contribution in [0.25, 0.3) is 0 Å². The predicted octanol–water partition coefficient (Wildman–Crippen LogP) is 2.43. The van der Waals surface area contributed by atoms with E-state index in [1.165, 1.54) is 0 Å². The van der Waals surface area contributed by atoms with Crippen LogP contribution >= 0.6 is 0 Å². The minimum atomic E-state index is -0.513. The number of hydrogen-bond donors (Lipinski definition) is 1. The summed E-state index contributed by atoms with van der Waals surface area (Å²) in [5.74, 6) is 1.84. The molecule has 0 aromatic heterocycles. The van der Waals surface area contributed by atoms with E-state index in [4.69, 9.17) is 18.9 Å². The lowest BCUT2D eigenvalue weighted by Crippen LogP contribution is -2.49. The van der Waals surface area contributed by atoms with Gasteiger partial charge in [-0.2, -0.15) is 0 Å². The molecule has 1 saturated heterocycles. The third-order valence-corrected chi connectivity index (χ3v) is 4.93. The fraction of sp³-hybridized carbons (Fsp3) is 0.409. The number of rotatable bonds is 8. The number of ether oxygens (including phenoxy) is 4. The molecule has 7 nitrogen and oxygen atoms in total. The third-order valence-electron chi connectivity index (χ3n) is 4.93. The number of para-hydroxylation sites is 1. The van der Waals surface area contributed by atoms with Crippen molar-refractivity contribution in [2.24, 2.45) is 0 Å². The van der Waals surface area contributed by atoms with Crippen molar-refractivity contribution in [3.05, 3.63) is 54.1 Å². The minimum absolute atomic E-state index is 0.0533. The van der Waals surface area contributed by atoms with E-state index in [1.807, 2.05) is 42.5 Å². The summed E-state index contributed by atoms with van der Waals surface area (Å²) in [6.07, 6.45) is -0.280. The number of morpholine rings is 1. The van der Waals surface area contributed by atoms with E-state index in [0.29, 0.717) is 24.7 Å². The Morgan fingerprint density at radius 2 is 1.90 bits per heavy atom. The number of methoxy groups -OCH3 is 2. The summed E-state index contributed by atoms with van der Waals surface area (Å²) >= 11 is 0. The monoisotopic (exact) mass is 401 g/mol. The summed E-state index contributed by atoms with van der Waals surface area (Å²) in [6.45, 7) is 0.909. The number of benzene rings is 2. The molecular formula is C22H27NO6. The molecule has 7 heteroatoms. The van der Waals surface area contributed by atoms with Crippen LogP contribution in [0.2, 0.25) is 0 Å². The molecule has 2 aromatic rings. The molecule has 1 heterocycles. The van der Waals surface area contributed by atoms with Crippen LogP contribution in [0.1, 0.15) is 18.0 Å². The van der Waals surface area contributed by atoms with Crippen molar-refractivity contribution >= 4 is 5.91 Å². The molecule has 1 aliphatic heterocycles. The molecule has 0 radical (unpaired) electrons. The molecule has 3 rings (SSSR count). The average Bonchev–Trinajstić information content (AvgIpc) is 2.78. The van der Waals surface area contributed by atoms with Crippen molar-refractivity contribution in [3.63, 3.8) is 0 Å². The van der Waals surface area contributed by atoms with Crippen LogP contribution in [-0.4, -0.2) is 62.6 Å². The van der Waals surface area contributed by atoms with Crippen molar-refractivity contribution in [2.45, 2.75) is 18.6 Å². The fourth-order valence-corrected chi connectivity index (χ4v) is 3.51. The van der Waals surface area contributed by atoms with Gasteiger partial charge in [-0.1, -0.05) is 24.3 Å². The van der Waals surface area contributed by atoms with Crippen molar-refractivity contribution in [1.29, 1.82) is 0 Å². The maximum atomic E-state index is 13.0. The maximum absolute atomic E-state index is 13.0. The Kier molecular flexibility index (Phi) is 7.32. The van der Waals surface area contributed by atoms with Crippen LogP contribution in [0.3, 0.4) is 0 Å². The summed E-state index contributed by atoms with van der Waals surface area (Å²) in [6, 6.07) is 14.5. The van der Waals surface area contributed by atoms with Gasteiger partial charge in [-0.25, -0.2) is 0 Å². The molecule has 0 bridgehead atoms. The van der Waals surface area contributed by atoms with Gasteiger partial charge >= 0.3 is 0 Å². The molecule has 0 saturated carbocycles. The van der Waals surface area contributed by atoms with Gasteiger partial charge in [0.25, 0.3) is 0 Å². The topological polar surface area (TPSA) is 77.5 Å². The highest BCUT2D eigenvalue weighted by Crippen LogP contribution is 2.35. The zero-order valence-electron chi connectivity index (χ0n) is 16.7. The Morgan fingerprint density at radius 1 is 1.14 bits per heavy atom. The first-order valence-corrected chi connectivity index (χ1v) is 9.59. The SMILES string of the molecule is COc1ccc([C@@H]2[C@@H](CO)OCCN2C(=O)CCOc2ccccc2)cc1OC. The average molecular weight is 401 g/mol. The number of amides is 1. The largest absolute Gasteiger partial charge is 0.493 e. The van der Waals surface area contributed by atoms with Gasteiger partial charge in [0, 0.05) is 6.54 Å². The summed E-state index contributed by atoms with van der Waals surface area (Å²) in [7, 11) is 3.13. The van der Waals surface area contributed by atoms with E-state index in [2.05, 4.69) is 0 Å². The van der Waals surface area contributed by atoms with Gasteiger partial charge in [0.2, 0.25) is 5.91 Å². The number of aliphatic hydroxyl groups excluding tert-OH is 1. The fourth-order valence-electron chi connectivity index (χ4n) is 3.51. The van der Waals surface area contributed by atoms with E-state index in [9.17, 15) is 9.90 Å². The summed E-state index contributed by atoms with van der Waals surface area (Å²) in [5, 5.41) is 9.83. The normalized spacial score (nSPS) is 18.9. The van der Waals surface area contributed by atoms with Crippen LogP contribution in [0, 0.1) is 0 Å². The van der Waals surface area contributed by atoms with Gasteiger partial charge in [0.15, 0.2) is 11.5 Å². The summed E-state index contributed by atoms with van der Waals surface area (Å²) < 4.78 is 22.1. The van der Waals surface area contributed by atoms with E-state index in [-0.39, 0.29) is 25.5 Å². The Balaban J connectivity index is 1.75. The van der Waals surface area contributed by atoms with Gasteiger partial charge in [-0.3, -0.25) is 4.79 Å². The first kappa shape index (κ1) is 21.0. The second-order valence-corrected chi connectivity index (χ2v) is 6.65. The number of carbonyl (C=O) groups is 1. The number of aliphatic hydroxyl groups is 1. The molecule has 0 unspecified atom stereocenters. The molecule has 2 aromatic carbocycles. The Bertz CT molecular complexity index is 797. The van der Waals surface area contributed by atoms with Gasteiger partial charge < -0.3 is 29.0 Å². The standard InChI is InChI=1S/C22H27NO6/c1-26-18-9-8-16(14-19(18)27-2)22-20(15-24)29-13-11-23(22)21(25)10-12-28-17-6-4-3-5-7-17/h3-9,14,20,22,24H,10-13,15H2,1-2H3/t20-,22-/m1/s1. The zero-order valence-corrected chi connectivity index (χ0v) is 16.7. The molecule has 2 atom stereocenters. The second-order valence-electron chi connectivity index (χ2n) is 6.65. The summed E-state index contributed by atoms with van der Waals surface area (Å²) in [4.78, 5) is 14.7. The quantitative estimate of drug-likeness (QED) is 0.732. The van der Waals surface area contributed by atoms with Crippen molar-refractivity contribution in [2.75, 3.05) is 40.6 Å². The van der Waals surface area contributed by atoms with E-state index >= 15 is 0 Å². The van der Waals surface area contributed by atoms with Gasteiger partial charge in [0.1, 0.15) is 11.9 Å². The smallest absolute Gasteiger partial charge is 0.226 e. The molecule has 29 heavy (non-hydrogen) atoms. The highest BCUT2D eigenvalue weighted by molar-refractivity contribution is 5.77. The molecule has 156 valence electrons. The van der Waals surface area contributed by atoms with E-state index in [0.717, 1.165) is 11.3 Å². The highest BCUT2D eigenvalue weighted by atomic mass is 16.5. The molecule has 0 spiro atoms. The lowest BCUT2D eigenvalue weighted by molar-refractivity contribution is -0.150. The Morgan fingerprint density at radius 3 is 2.59 bits per heavy atom.